The van der Waals surface area contributed by atoms with Crippen LogP contribution in [0.5, 0.6) is 0 Å². The van der Waals surface area contributed by atoms with E-state index in [1.54, 1.807) is 12.3 Å². The van der Waals surface area contributed by atoms with Gasteiger partial charge in [-0.05, 0) is 66.3 Å². The zero-order valence-corrected chi connectivity index (χ0v) is 16.7. The smallest absolute Gasteiger partial charge is 0.146 e. The molecule has 1 aliphatic heterocycles. The molecule has 0 fully saturated rings. The third-order valence-electron chi connectivity index (χ3n) is 4.91. The van der Waals surface area contributed by atoms with Crippen molar-refractivity contribution in [3.05, 3.63) is 66.9 Å². The van der Waals surface area contributed by atoms with Crippen LogP contribution in [0.2, 0.25) is 0 Å². The Morgan fingerprint density at radius 3 is 2.89 bits per heavy atom. The highest BCUT2D eigenvalue weighted by molar-refractivity contribution is 7.76. The second-order valence-corrected chi connectivity index (χ2v) is 8.29. The minimum Gasteiger partial charge on any atom is -0.396 e. The lowest BCUT2D eigenvalue weighted by Crippen LogP contribution is -2.30. The summed E-state index contributed by atoms with van der Waals surface area (Å²) in [6.45, 7) is 3.22. The van der Waals surface area contributed by atoms with Crippen molar-refractivity contribution in [3.63, 3.8) is 0 Å². The molecular weight excluding hydrogens is 371 g/mol. The third kappa shape index (κ3) is 3.92. The maximum Gasteiger partial charge on any atom is 0.146 e. The zero-order chi connectivity index (χ0) is 19.5. The Hall–Kier alpha value is -2.73. The standard InChI is InChI=1S/C22H23FN4S/c1-2-28-27-9-6-18(7-10-27)26-22-13-17(11-16-5-8-25-14-19(16)22)15-3-4-21(24)20(23)12-15/h3-6,8-9,11-14,18,26H,2,7,10,24H2,1H3/p+1. The normalized spacial score (nSPS) is 16.5. The average Bonchev–Trinajstić information content (AvgIpc) is 2.71. The number of nitrogens with zero attached hydrogens (tertiary/aromatic N) is 2. The molecule has 4 nitrogen and oxygen atoms in total. The summed E-state index contributed by atoms with van der Waals surface area (Å²) in [4.78, 5) is 4.29. The molecule has 2 heterocycles. The molecule has 0 saturated carbocycles. The molecule has 1 atom stereocenters. The second kappa shape index (κ2) is 8.10. The predicted molar refractivity (Wildman–Crippen MR) is 119 cm³/mol. The van der Waals surface area contributed by atoms with E-state index in [1.165, 1.54) is 18.0 Å². The Morgan fingerprint density at radius 2 is 2.14 bits per heavy atom. The highest BCUT2D eigenvalue weighted by Gasteiger charge is 2.18. The molecule has 1 aliphatic rings. The molecule has 0 aliphatic carbocycles. The number of fused-ring (bicyclic) bond motifs is 1. The number of aromatic nitrogens is 1. The third-order valence-corrected chi connectivity index (χ3v) is 5.89. The number of hydrogen-bond donors (Lipinski definition) is 2. The fourth-order valence-electron chi connectivity index (χ4n) is 3.46. The lowest BCUT2D eigenvalue weighted by molar-refractivity contribution is 0.536. The Labute approximate surface area is 168 Å². The van der Waals surface area contributed by atoms with Gasteiger partial charge in [0, 0.05) is 35.7 Å². The first kappa shape index (κ1) is 18.6. The van der Waals surface area contributed by atoms with E-state index in [-0.39, 0.29) is 11.7 Å². The number of nitrogen functional groups attached to an aromatic ring is 1. The lowest BCUT2D eigenvalue weighted by Gasteiger charge is -2.24. The lowest BCUT2D eigenvalue weighted by atomic mass is 9.99. The van der Waals surface area contributed by atoms with Crippen LogP contribution in [-0.4, -0.2) is 27.6 Å². The maximum atomic E-state index is 14.0. The summed E-state index contributed by atoms with van der Waals surface area (Å²) in [6.07, 6.45) is 9.07. The molecule has 0 radical (unpaired) electrons. The summed E-state index contributed by atoms with van der Waals surface area (Å²) in [5.41, 5.74) is 8.56. The first-order valence-corrected chi connectivity index (χ1v) is 10.5. The van der Waals surface area contributed by atoms with Crippen molar-refractivity contribution in [2.45, 2.75) is 19.4 Å². The van der Waals surface area contributed by atoms with Crippen LogP contribution in [0.15, 0.2) is 61.1 Å². The molecule has 28 heavy (non-hydrogen) atoms. The highest BCUT2D eigenvalue weighted by atomic mass is 32.2. The van der Waals surface area contributed by atoms with Gasteiger partial charge in [-0.2, -0.15) is 0 Å². The quantitative estimate of drug-likeness (QED) is 0.383. The topological polar surface area (TPSA) is 54.2 Å². The zero-order valence-electron chi connectivity index (χ0n) is 15.8. The van der Waals surface area contributed by atoms with Gasteiger partial charge in [-0.25, -0.2) is 8.70 Å². The molecule has 0 amide bonds. The number of nitrogens with one attached hydrogen (secondary N) is 1. The van der Waals surface area contributed by atoms with Crippen LogP contribution in [0.1, 0.15) is 13.3 Å². The summed E-state index contributed by atoms with van der Waals surface area (Å²) in [7, 11) is 0. The van der Waals surface area contributed by atoms with Crippen LogP contribution in [0.3, 0.4) is 0 Å². The van der Waals surface area contributed by atoms with Crippen LogP contribution in [-0.2, 0) is 11.9 Å². The van der Waals surface area contributed by atoms with Crippen molar-refractivity contribution in [1.29, 1.82) is 0 Å². The second-order valence-electron chi connectivity index (χ2n) is 6.86. The number of halogens is 1. The van der Waals surface area contributed by atoms with Gasteiger partial charge in [0.2, 0.25) is 0 Å². The van der Waals surface area contributed by atoms with E-state index in [0.717, 1.165) is 46.3 Å². The summed E-state index contributed by atoms with van der Waals surface area (Å²) < 4.78 is 16.3. The Bertz CT molecular complexity index is 1020. The number of anilines is 2. The first-order valence-electron chi connectivity index (χ1n) is 9.46. The molecule has 2 aromatic carbocycles. The molecule has 144 valence electrons. The van der Waals surface area contributed by atoms with E-state index >= 15 is 0 Å². The largest absolute Gasteiger partial charge is 0.396 e. The van der Waals surface area contributed by atoms with Gasteiger partial charge in [0.1, 0.15) is 11.6 Å². The summed E-state index contributed by atoms with van der Waals surface area (Å²) >= 11 is 1.34. The Morgan fingerprint density at radius 1 is 1.25 bits per heavy atom. The van der Waals surface area contributed by atoms with Crippen molar-refractivity contribution in [3.8, 4) is 11.1 Å². The molecule has 0 spiro atoms. The maximum absolute atomic E-state index is 14.0. The molecule has 6 heteroatoms. The highest BCUT2D eigenvalue weighted by Crippen LogP contribution is 2.32. The number of pyridine rings is 1. The SMILES string of the molecule is CC[SH+]N1C=CC(Nc2cc(-c3ccc(N)c(F)c3)cc3ccncc23)CC1. The van der Waals surface area contributed by atoms with Crippen LogP contribution in [0, 0.1) is 5.82 Å². The fourth-order valence-corrected chi connectivity index (χ4v) is 4.25. The Kier molecular flexibility index (Phi) is 5.39. The van der Waals surface area contributed by atoms with E-state index in [9.17, 15) is 4.39 Å². The van der Waals surface area contributed by atoms with Crippen LogP contribution in [0.4, 0.5) is 15.8 Å². The number of hydrogen-bond acceptors (Lipinski definition) is 4. The average molecular weight is 396 g/mol. The van der Waals surface area contributed by atoms with Crippen molar-refractivity contribution in [2.24, 2.45) is 0 Å². The van der Waals surface area contributed by atoms with Gasteiger partial charge in [0.15, 0.2) is 0 Å². The van der Waals surface area contributed by atoms with E-state index < -0.39 is 5.82 Å². The molecular formula is C22H24FN4S+. The molecule has 0 bridgehead atoms. The van der Waals surface area contributed by atoms with E-state index in [1.807, 2.05) is 18.3 Å². The monoisotopic (exact) mass is 395 g/mol. The Balaban J connectivity index is 1.69. The predicted octanol–water partition coefficient (Wildman–Crippen LogP) is 4.37. The van der Waals surface area contributed by atoms with Crippen LogP contribution in [0.25, 0.3) is 21.9 Å². The van der Waals surface area contributed by atoms with Gasteiger partial charge in [0.05, 0.1) is 24.2 Å². The minimum absolute atomic E-state index is 0.162. The van der Waals surface area contributed by atoms with Crippen LogP contribution >= 0.6 is 0 Å². The van der Waals surface area contributed by atoms with Crippen molar-refractivity contribution in [2.75, 3.05) is 23.3 Å². The van der Waals surface area contributed by atoms with Crippen molar-refractivity contribution in [1.82, 2.24) is 9.29 Å². The van der Waals surface area contributed by atoms with Crippen molar-refractivity contribution >= 4 is 34.1 Å². The van der Waals surface area contributed by atoms with E-state index in [0.29, 0.717) is 0 Å². The minimum atomic E-state index is -0.396. The summed E-state index contributed by atoms with van der Waals surface area (Å²) in [6, 6.07) is 11.3. The van der Waals surface area contributed by atoms with Gasteiger partial charge in [0.25, 0.3) is 0 Å². The van der Waals surface area contributed by atoms with Gasteiger partial charge >= 0.3 is 0 Å². The molecule has 3 aromatic rings. The molecule has 4 rings (SSSR count). The van der Waals surface area contributed by atoms with Gasteiger partial charge in [-0.3, -0.25) is 4.98 Å². The van der Waals surface area contributed by atoms with Gasteiger partial charge in [-0.15, -0.1) is 0 Å². The van der Waals surface area contributed by atoms with Gasteiger partial charge in [-0.1, -0.05) is 6.07 Å². The first-order chi connectivity index (χ1) is 13.6. The van der Waals surface area contributed by atoms with Crippen molar-refractivity contribution < 1.29 is 4.39 Å². The van der Waals surface area contributed by atoms with Crippen LogP contribution < -0.4 is 11.1 Å². The number of nitrogens with two attached hydrogens (primary N) is 1. The summed E-state index contributed by atoms with van der Waals surface area (Å²) in [5, 5.41) is 5.78. The number of thiol groups is 1. The fraction of sp³-hybridized carbons (Fsp3) is 0.227. The molecule has 1 unspecified atom stereocenters. The van der Waals surface area contributed by atoms with E-state index in [2.05, 4.69) is 45.9 Å². The van der Waals surface area contributed by atoms with E-state index in [4.69, 9.17) is 5.73 Å². The van der Waals surface area contributed by atoms with Gasteiger partial charge < -0.3 is 11.1 Å². The summed E-state index contributed by atoms with van der Waals surface area (Å²) in [5.74, 6) is 0.728. The molecule has 3 N–H and O–H groups in total. The number of benzene rings is 2. The molecule has 0 saturated heterocycles. The molecule has 1 aromatic heterocycles. The number of rotatable bonds is 5.